The fourth-order valence-electron chi connectivity index (χ4n) is 4.92. The van der Waals surface area contributed by atoms with Gasteiger partial charge in [0.05, 0.1) is 17.5 Å². The van der Waals surface area contributed by atoms with Crippen molar-refractivity contribution < 1.29 is 22.6 Å². The van der Waals surface area contributed by atoms with Gasteiger partial charge < -0.3 is 0 Å². The van der Waals surface area contributed by atoms with Gasteiger partial charge in [0, 0.05) is 35.2 Å². The van der Waals surface area contributed by atoms with Crippen LogP contribution in [0.4, 0.5) is 13.2 Å². The minimum atomic E-state index is -0.683. The van der Waals surface area contributed by atoms with E-state index in [4.69, 9.17) is 11.6 Å². The maximum Gasteiger partial charge on any atom is 0.222 e. The zero-order chi connectivity index (χ0) is 26.8. The zero-order valence-corrected chi connectivity index (χ0v) is 21.3. The average Bonchev–Trinajstić information content (AvgIpc) is 3.17. The van der Waals surface area contributed by atoms with Crippen molar-refractivity contribution in [3.63, 3.8) is 0 Å². The van der Waals surface area contributed by atoms with Crippen LogP contribution in [0.5, 0.6) is 0 Å². The van der Waals surface area contributed by atoms with E-state index >= 15 is 0 Å². The van der Waals surface area contributed by atoms with E-state index in [0.717, 1.165) is 22.7 Å². The number of nitrogens with zero attached hydrogens (tertiary/aromatic N) is 2. The van der Waals surface area contributed by atoms with Crippen molar-refractivity contribution in [2.24, 2.45) is 7.05 Å². The van der Waals surface area contributed by atoms with Crippen molar-refractivity contribution in [1.29, 1.82) is 0 Å². The van der Waals surface area contributed by atoms with Crippen LogP contribution in [0.2, 0.25) is 5.02 Å². The Morgan fingerprint density at radius 3 is 2.45 bits per heavy atom. The molecule has 0 unspecified atom stereocenters. The van der Waals surface area contributed by atoms with Crippen molar-refractivity contribution in [3.8, 4) is 11.1 Å². The van der Waals surface area contributed by atoms with Crippen molar-refractivity contribution >= 4 is 28.3 Å². The van der Waals surface area contributed by atoms with E-state index in [9.17, 15) is 18.0 Å². The average molecular weight is 535 g/mol. The normalized spacial score (nSPS) is 12.1. The van der Waals surface area contributed by atoms with Gasteiger partial charge in [-0.25, -0.2) is 13.2 Å². The number of halogens is 4. The molecule has 0 amide bonds. The number of carbonyl (C=O) groups is 1. The second-order valence-electron chi connectivity index (χ2n) is 9.35. The molecule has 0 saturated heterocycles. The molecule has 0 spiro atoms. The van der Waals surface area contributed by atoms with Crippen molar-refractivity contribution in [1.82, 2.24) is 10.1 Å². The molecule has 1 atom stereocenters. The molecule has 0 aliphatic carbocycles. The SMILES string of the molecule is C[n+]1[nH]c2ccc(F)cc2c1CC(=O)C[C@@H](Cc1cc(F)cc(F)c1)c1ncccc1-c1ccc(Cl)cc1. The first-order valence-corrected chi connectivity index (χ1v) is 12.5. The monoisotopic (exact) mass is 534 g/mol. The molecule has 0 aliphatic heterocycles. The van der Waals surface area contributed by atoms with E-state index in [1.54, 1.807) is 42.2 Å². The number of H-pyrrole nitrogens is 1. The highest BCUT2D eigenvalue weighted by Gasteiger charge is 2.26. The lowest BCUT2D eigenvalue weighted by atomic mass is 9.86. The molecule has 38 heavy (non-hydrogen) atoms. The van der Waals surface area contributed by atoms with E-state index < -0.39 is 23.4 Å². The lowest BCUT2D eigenvalue weighted by Gasteiger charge is -2.19. The third-order valence-corrected chi connectivity index (χ3v) is 6.86. The molecule has 5 aromatic rings. The van der Waals surface area contributed by atoms with Crippen molar-refractivity contribution in [2.75, 3.05) is 0 Å². The van der Waals surface area contributed by atoms with Crippen LogP contribution in [0.1, 0.15) is 29.3 Å². The molecule has 1 N–H and O–H groups in total. The van der Waals surface area contributed by atoms with Crippen LogP contribution in [0.25, 0.3) is 22.0 Å². The Bertz CT molecular complexity index is 1610. The summed E-state index contributed by atoms with van der Waals surface area (Å²) in [6.45, 7) is 0. The zero-order valence-electron chi connectivity index (χ0n) is 20.5. The summed E-state index contributed by atoms with van der Waals surface area (Å²) in [6, 6.07) is 18.7. The summed E-state index contributed by atoms with van der Waals surface area (Å²) in [5.41, 5.74) is 4.10. The Morgan fingerprint density at radius 1 is 0.974 bits per heavy atom. The predicted molar refractivity (Wildman–Crippen MR) is 140 cm³/mol. The van der Waals surface area contributed by atoms with Crippen LogP contribution < -0.4 is 4.68 Å². The number of nitrogens with one attached hydrogen (secondary N) is 1. The summed E-state index contributed by atoms with van der Waals surface area (Å²) in [5, 5.41) is 4.34. The van der Waals surface area contributed by atoms with Gasteiger partial charge in [-0.1, -0.05) is 29.8 Å². The van der Waals surface area contributed by atoms with E-state index in [1.165, 1.54) is 24.3 Å². The molecule has 192 valence electrons. The Labute approximate surface area is 222 Å². The standard InChI is InChI=1S/C30H23ClF3N3O/c1-37-29(27-16-22(32)8-9-28(27)36-37)17-25(38)14-20(11-18-12-23(33)15-24(34)13-18)30-26(3-2-10-35-30)19-4-6-21(31)7-5-19/h2-10,12-13,15-16,20H,11,14,17H2,1H3/p+1/t20-/m1/s1. The number of ketones is 1. The minimum absolute atomic E-state index is 0.0527. The highest BCUT2D eigenvalue weighted by Crippen LogP contribution is 2.33. The lowest BCUT2D eigenvalue weighted by Crippen LogP contribution is -2.35. The highest BCUT2D eigenvalue weighted by molar-refractivity contribution is 6.30. The van der Waals surface area contributed by atoms with Gasteiger partial charge in [0.2, 0.25) is 5.69 Å². The molecule has 8 heteroatoms. The van der Waals surface area contributed by atoms with E-state index in [1.807, 2.05) is 18.2 Å². The Kier molecular flexibility index (Phi) is 7.29. The molecule has 5 rings (SSSR count). The molecule has 4 nitrogen and oxygen atoms in total. The molecule has 0 bridgehead atoms. The molecular formula is C30H24ClF3N3O+. The van der Waals surface area contributed by atoms with Gasteiger partial charge in [0.15, 0.2) is 7.05 Å². The number of benzene rings is 3. The third-order valence-electron chi connectivity index (χ3n) is 6.61. The molecular weight excluding hydrogens is 511 g/mol. The van der Waals surface area contributed by atoms with Crippen LogP contribution in [-0.4, -0.2) is 15.9 Å². The van der Waals surface area contributed by atoms with Gasteiger partial charge in [-0.2, -0.15) is 5.10 Å². The minimum Gasteiger partial charge on any atom is -0.299 e. The first kappa shape index (κ1) is 25.7. The van der Waals surface area contributed by atoms with Gasteiger partial charge in [0.25, 0.3) is 0 Å². The van der Waals surface area contributed by atoms with E-state index in [0.29, 0.717) is 27.4 Å². The second kappa shape index (κ2) is 10.8. The molecule has 2 aromatic heterocycles. The van der Waals surface area contributed by atoms with E-state index in [-0.39, 0.29) is 25.0 Å². The summed E-state index contributed by atoms with van der Waals surface area (Å²) >= 11 is 6.08. The summed E-state index contributed by atoms with van der Waals surface area (Å²) in [5.74, 6) is -2.34. The maximum atomic E-state index is 14.0. The fraction of sp³-hybridized carbons (Fsp3) is 0.167. The molecule has 0 saturated carbocycles. The van der Waals surface area contributed by atoms with Crippen molar-refractivity contribution in [2.45, 2.75) is 25.2 Å². The largest absolute Gasteiger partial charge is 0.299 e. The first-order chi connectivity index (χ1) is 18.3. The number of hydrogen-bond donors (Lipinski definition) is 1. The molecule has 3 aromatic carbocycles. The number of fused-ring (bicyclic) bond motifs is 1. The predicted octanol–water partition coefficient (Wildman–Crippen LogP) is 6.65. The van der Waals surface area contributed by atoms with Crippen LogP contribution in [-0.2, 0) is 24.7 Å². The maximum absolute atomic E-state index is 14.0. The van der Waals surface area contributed by atoms with Gasteiger partial charge in [-0.05, 0) is 66.1 Å². The molecule has 0 fully saturated rings. The Balaban J connectivity index is 1.51. The summed E-state index contributed by atoms with van der Waals surface area (Å²) in [4.78, 5) is 18.1. The van der Waals surface area contributed by atoms with Crippen LogP contribution in [0.15, 0.2) is 79.0 Å². The van der Waals surface area contributed by atoms with Gasteiger partial charge in [0.1, 0.15) is 28.8 Å². The quantitative estimate of drug-likeness (QED) is 0.226. The number of pyridine rings is 1. The smallest absolute Gasteiger partial charge is 0.222 e. The third kappa shape index (κ3) is 5.63. The summed E-state index contributed by atoms with van der Waals surface area (Å²) in [6.07, 6.45) is 1.96. The van der Waals surface area contributed by atoms with Crippen LogP contribution in [0, 0.1) is 17.5 Å². The summed E-state index contributed by atoms with van der Waals surface area (Å²) in [7, 11) is 1.77. The molecule has 0 radical (unpaired) electrons. The van der Waals surface area contributed by atoms with Crippen molar-refractivity contribution in [3.05, 3.63) is 118 Å². The second-order valence-corrected chi connectivity index (χ2v) is 9.79. The number of hydrogen-bond acceptors (Lipinski definition) is 2. The molecule has 0 aliphatic rings. The number of aromatic nitrogens is 3. The van der Waals surface area contributed by atoms with Gasteiger partial charge >= 0.3 is 0 Å². The number of rotatable bonds is 8. The number of aromatic amines is 1. The lowest BCUT2D eigenvalue weighted by molar-refractivity contribution is -0.730. The first-order valence-electron chi connectivity index (χ1n) is 12.1. The van der Waals surface area contributed by atoms with Gasteiger partial charge in [-0.3, -0.25) is 9.78 Å². The van der Waals surface area contributed by atoms with Gasteiger partial charge in [-0.15, -0.1) is 4.68 Å². The summed E-state index contributed by atoms with van der Waals surface area (Å²) < 4.78 is 43.7. The Hall–Kier alpha value is -3.97. The molecule has 2 heterocycles. The number of Topliss-reactive ketones (excluding diaryl/α,β-unsaturated/α-hetero) is 1. The fourth-order valence-corrected chi connectivity index (χ4v) is 5.05. The van der Waals surface area contributed by atoms with E-state index in [2.05, 4.69) is 10.1 Å². The highest BCUT2D eigenvalue weighted by atomic mass is 35.5. The topological polar surface area (TPSA) is 49.6 Å². The number of aryl methyl sites for hydroxylation is 1. The van der Waals surface area contributed by atoms with Crippen LogP contribution in [0.3, 0.4) is 0 Å². The Morgan fingerprint density at radius 2 is 1.71 bits per heavy atom. The van der Waals surface area contributed by atoms with Crippen LogP contribution >= 0.6 is 11.6 Å². The number of carbonyl (C=O) groups excluding carboxylic acids is 1.